The molecule has 0 heterocycles. The normalized spacial score (nSPS) is 9.92. The molecule has 66 valence electrons. The van der Waals surface area contributed by atoms with Crippen LogP contribution < -0.4 is 4.90 Å². The predicted octanol–water partition coefficient (Wildman–Crippen LogP) is 2.02. The Bertz CT molecular complexity index is 269. The molecule has 2 heteroatoms. The van der Waals surface area contributed by atoms with Crippen molar-refractivity contribution in [1.29, 1.82) is 0 Å². The zero-order valence-corrected chi connectivity index (χ0v) is 7.83. The Labute approximate surface area is 73.4 Å². The molecule has 0 unspecified atom stereocenters. The number of phenolic OH excluding ortho intramolecular Hbond substituents is 1. The van der Waals surface area contributed by atoms with Crippen molar-refractivity contribution in [3.8, 4) is 5.75 Å². The number of hydrogen-bond acceptors (Lipinski definition) is 2. The summed E-state index contributed by atoms with van der Waals surface area (Å²) in [6.45, 7) is 2.08. The van der Waals surface area contributed by atoms with E-state index in [1.54, 1.807) is 12.1 Å². The lowest BCUT2D eigenvalue weighted by Gasteiger charge is -2.13. The molecule has 0 amide bonds. The van der Waals surface area contributed by atoms with Crippen molar-refractivity contribution in [3.63, 3.8) is 0 Å². The first kappa shape index (κ1) is 8.91. The Kier molecular flexibility index (Phi) is 2.58. The van der Waals surface area contributed by atoms with Crippen molar-refractivity contribution in [2.75, 3.05) is 19.0 Å². The third-order valence-corrected chi connectivity index (χ3v) is 1.89. The monoisotopic (exact) mass is 165 g/mol. The third kappa shape index (κ3) is 1.91. The van der Waals surface area contributed by atoms with E-state index in [-0.39, 0.29) is 0 Å². The van der Waals surface area contributed by atoms with Gasteiger partial charge in [-0.1, -0.05) is 6.92 Å². The van der Waals surface area contributed by atoms with Crippen LogP contribution in [0, 0.1) is 0 Å². The third-order valence-electron chi connectivity index (χ3n) is 1.89. The molecule has 0 saturated heterocycles. The molecule has 1 aromatic carbocycles. The van der Waals surface area contributed by atoms with Gasteiger partial charge in [-0.25, -0.2) is 0 Å². The van der Waals surface area contributed by atoms with E-state index in [0.29, 0.717) is 5.75 Å². The van der Waals surface area contributed by atoms with Crippen molar-refractivity contribution in [3.05, 3.63) is 23.8 Å². The molecule has 0 atom stereocenters. The first-order valence-electron chi connectivity index (χ1n) is 4.13. The van der Waals surface area contributed by atoms with Gasteiger partial charge in [0.05, 0.1) is 0 Å². The van der Waals surface area contributed by atoms with E-state index in [4.69, 9.17) is 0 Å². The van der Waals surface area contributed by atoms with Gasteiger partial charge in [-0.2, -0.15) is 0 Å². The highest BCUT2D eigenvalue weighted by molar-refractivity contribution is 5.51. The van der Waals surface area contributed by atoms with Gasteiger partial charge in [-0.3, -0.25) is 0 Å². The summed E-state index contributed by atoms with van der Waals surface area (Å²) in [4.78, 5) is 1.98. The van der Waals surface area contributed by atoms with Gasteiger partial charge in [0.2, 0.25) is 0 Å². The summed E-state index contributed by atoms with van der Waals surface area (Å²) in [7, 11) is 3.93. The van der Waals surface area contributed by atoms with Gasteiger partial charge in [0, 0.05) is 25.8 Å². The summed E-state index contributed by atoms with van der Waals surface area (Å²) < 4.78 is 0. The molecule has 0 radical (unpaired) electrons. The van der Waals surface area contributed by atoms with Crippen molar-refractivity contribution >= 4 is 5.69 Å². The molecular formula is C10H15NO. The standard InChI is InChI=1S/C10H15NO/c1-4-8-5-9(11(2)3)7-10(12)6-8/h5-7,12H,4H2,1-3H3. The molecule has 0 aliphatic heterocycles. The van der Waals surface area contributed by atoms with E-state index in [1.807, 2.05) is 19.0 Å². The van der Waals surface area contributed by atoms with Crippen LogP contribution in [0.15, 0.2) is 18.2 Å². The molecule has 1 N–H and O–H groups in total. The SMILES string of the molecule is CCc1cc(O)cc(N(C)C)c1. The Morgan fingerprint density at radius 3 is 2.42 bits per heavy atom. The average molecular weight is 165 g/mol. The number of anilines is 1. The van der Waals surface area contributed by atoms with Crippen molar-refractivity contribution in [2.24, 2.45) is 0 Å². The number of aromatic hydroxyl groups is 1. The summed E-state index contributed by atoms with van der Waals surface area (Å²) in [5.41, 5.74) is 2.21. The van der Waals surface area contributed by atoms with E-state index < -0.39 is 0 Å². The number of phenols is 1. The van der Waals surface area contributed by atoms with Crippen molar-refractivity contribution in [1.82, 2.24) is 0 Å². The Hall–Kier alpha value is -1.18. The van der Waals surface area contributed by atoms with Gasteiger partial charge in [-0.05, 0) is 24.1 Å². The smallest absolute Gasteiger partial charge is 0.117 e. The van der Waals surface area contributed by atoms with Crippen LogP contribution in [0.5, 0.6) is 5.75 Å². The van der Waals surface area contributed by atoms with Crippen LogP contribution in [-0.2, 0) is 6.42 Å². The van der Waals surface area contributed by atoms with Gasteiger partial charge in [0.1, 0.15) is 5.75 Å². The van der Waals surface area contributed by atoms with Gasteiger partial charge in [0.25, 0.3) is 0 Å². The maximum atomic E-state index is 9.35. The molecule has 0 aromatic heterocycles. The van der Waals surface area contributed by atoms with E-state index in [0.717, 1.165) is 12.1 Å². The van der Waals surface area contributed by atoms with Crippen LogP contribution >= 0.6 is 0 Å². The minimum absolute atomic E-state index is 0.345. The average Bonchev–Trinajstić information content (AvgIpc) is 2.03. The molecule has 0 bridgehead atoms. The Morgan fingerprint density at radius 2 is 1.92 bits per heavy atom. The highest BCUT2D eigenvalue weighted by atomic mass is 16.3. The minimum atomic E-state index is 0.345. The molecular weight excluding hydrogens is 150 g/mol. The topological polar surface area (TPSA) is 23.5 Å². The second-order valence-electron chi connectivity index (χ2n) is 3.11. The van der Waals surface area contributed by atoms with E-state index >= 15 is 0 Å². The number of rotatable bonds is 2. The van der Waals surface area contributed by atoms with Crippen LogP contribution in [0.2, 0.25) is 0 Å². The van der Waals surface area contributed by atoms with Gasteiger partial charge in [0.15, 0.2) is 0 Å². The largest absolute Gasteiger partial charge is 0.508 e. The minimum Gasteiger partial charge on any atom is -0.508 e. The molecule has 0 spiro atoms. The first-order valence-corrected chi connectivity index (χ1v) is 4.13. The van der Waals surface area contributed by atoms with Crippen molar-refractivity contribution in [2.45, 2.75) is 13.3 Å². The first-order chi connectivity index (χ1) is 5.63. The molecule has 0 saturated carbocycles. The van der Waals surface area contributed by atoms with E-state index in [1.165, 1.54) is 5.56 Å². The fraction of sp³-hybridized carbons (Fsp3) is 0.400. The second-order valence-corrected chi connectivity index (χ2v) is 3.11. The molecule has 12 heavy (non-hydrogen) atoms. The molecule has 0 fully saturated rings. The number of benzene rings is 1. The fourth-order valence-corrected chi connectivity index (χ4v) is 1.12. The lowest BCUT2D eigenvalue weighted by molar-refractivity contribution is 0.474. The van der Waals surface area contributed by atoms with Crippen LogP contribution in [0.25, 0.3) is 0 Å². The lowest BCUT2D eigenvalue weighted by Crippen LogP contribution is -2.08. The molecule has 2 nitrogen and oxygen atoms in total. The quantitative estimate of drug-likeness (QED) is 0.724. The van der Waals surface area contributed by atoms with Crippen LogP contribution in [-0.4, -0.2) is 19.2 Å². The van der Waals surface area contributed by atoms with Crippen LogP contribution in [0.1, 0.15) is 12.5 Å². The zero-order chi connectivity index (χ0) is 9.14. The Morgan fingerprint density at radius 1 is 1.25 bits per heavy atom. The lowest BCUT2D eigenvalue weighted by atomic mass is 10.1. The predicted molar refractivity (Wildman–Crippen MR) is 51.8 cm³/mol. The Balaban J connectivity index is 3.06. The molecule has 0 aliphatic carbocycles. The summed E-state index contributed by atoms with van der Waals surface area (Å²) in [5.74, 6) is 0.345. The van der Waals surface area contributed by atoms with Gasteiger partial charge >= 0.3 is 0 Å². The zero-order valence-electron chi connectivity index (χ0n) is 7.83. The molecule has 1 aromatic rings. The summed E-state index contributed by atoms with van der Waals surface area (Å²) in [6, 6.07) is 5.64. The highest BCUT2D eigenvalue weighted by Crippen LogP contribution is 2.21. The van der Waals surface area contributed by atoms with Crippen LogP contribution in [0.3, 0.4) is 0 Å². The van der Waals surface area contributed by atoms with E-state index in [9.17, 15) is 5.11 Å². The maximum Gasteiger partial charge on any atom is 0.117 e. The van der Waals surface area contributed by atoms with E-state index in [2.05, 4.69) is 13.0 Å². The molecule has 0 aliphatic rings. The number of nitrogens with zero attached hydrogens (tertiary/aromatic N) is 1. The second kappa shape index (κ2) is 3.48. The molecule has 1 rings (SSSR count). The van der Waals surface area contributed by atoms with Crippen molar-refractivity contribution < 1.29 is 5.11 Å². The summed E-state index contributed by atoms with van der Waals surface area (Å²) in [6.07, 6.45) is 0.954. The fourth-order valence-electron chi connectivity index (χ4n) is 1.12. The maximum absolute atomic E-state index is 9.35. The highest BCUT2D eigenvalue weighted by Gasteiger charge is 1.99. The van der Waals surface area contributed by atoms with Crippen LogP contribution in [0.4, 0.5) is 5.69 Å². The summed E-state index contributed by atoms with van der Waals surface area (Å²) in [5, 5.41) is 9.35. The summed E-state index contributed by atoms with van der Waals surface area (Å²) >= 11 is 0. The number of aryl methyl sites for hydroxylation is 1. The van der Waals surface area contributed by atoms with Gasteiger partial charge < -0.3 is 10.0 Å². The van der Waals surface area contributed by atoms with Gasteiger partial charge in [-0.15, -0.1) is 0 Å². The number of hydrogen-bond donors (Lipinski definition) is 1.